The number of furan rings is 1. The molecule has 0 saturated heterocycles. The Kier molecular flexibility index (Phi) is 6.24. The molecule has 36 heavy (non-hydrogen) atoms. The van der Waals surface area contributed by atoms with E-state index >= 15 is 0 Å². The third-order valence-electron chi connectivity index (χ3n) is 5.34. The molecule has 0 aliphatic rings. The maximum atomic E-state index is 13.3. The summed E-state index contributed by atoms with van der Waals surface area (Å²) in [4.78, 5) is 18.7. The molecule has 5 aromatic rings. The fourth-order valence-corrected chi connectivity index (χ4v) is 4.33. The smallest absolute Gasteiger partial charge is 0.416 e. The molecule has 0 spiro atoms. The monoisotopic (exact) mass is 505 g/mol. The Morgan fingerprint density at radius 1 is 0.972 bits per heavy atom. The molecule has 0 fully saturated rings. The van der Waals surface area contributed by atoms with Crippen molar-refractivity contribution in [2.75, 3.05) is 0 Å². The first-order chi connectivity index (χ1) is 17.3. The van der Waals surface area contributed by atoms with Crippen LogP contribution in [0.2, 0.25) is 0 Å². The summed E-state index contributed by atoms with van der Waals surface area (Å²) >= 11 is 1.43. The highest BCUT2D eigenvalue weighted by molar-refractivity contribution is 7.99. The zero-order chi connectivity index (χ0) is 25.3. The molecule has 3 aromatic carbocycles. The molecule has 0 aliphatic carbocycles. The van der Waals surface area contributed by atoms with Gasteiger partial charge in [0.2, 0.25) is 0 Å². The maximum absolute atomic E-state index is 13.3. The lowest BCUT2D eigenvalue weighted by molar-refractivity contribution is -0.137. The predicted molar refractivity (Wildman–Crippen MR) is 133 cm³/mol. The largest absolute Gasteiger partial charge is 0.448 e. The van der Waals surface area contributed by atoms with E-state index in [2.05, 4.69) is 10.1 Å². The highest BCUT2D eigenvalue weighted by atomic mass is 32.2. The van der Waals surface area contributed by atoms with E-state index in [1.165, 1.54) is 30.1 Å². The normalized spacial score (nSPS) is 12.0. The molecule has 5 nitrogen and oxygen atoms in total. The van der Waals surface area contributed by atoms with Gasteiger partial charge in [0.15, 0.2) is 10.9 Å². The van der Waals surface area contributed by atoms with Crippen LogP contribution in [0, 0.1) is 6.92 Å². The SMILES string of the molecule is Cc1ccc(Sc2ccc(C=Nn3c(-c4cccc(C(F)(F)F)c4)nc4ccccc4c3=O)o2)cc1. The van der Waals surface area contributed by atoms with Crippen molar-refractivity contribution in [1.29, 1.82) is 0 Å². The second kappa shape index (κ2) is 9.50. The van der Waals surface area contributed by atoms with E-state index in [0.29, 0.717) is 21.8 Å². The Labute approximate surface area is 207 Å². The van der Waals surface area contributed by atoms with Gasteiger partial charge in [-0.25, -0.2) is 4.98 Å². The average Bonchev–Trinajstić information content (AvgIpc) is 3.31. The number of fused-ring (bicyclic) bond motifs is 1. The van der Waals surface area contributed by atoms with Crippen LogP contribution < -0.4 is 5.56 Å². The molecule has 2 aromatic heterocycles. The van der Waals surface area contributed by atoms with E-state index in [1.54, 1.807) is 36.4 Å². The van der Waals surface area contributed by atoms with Crippen LogP contribution in [0.25, 0.3) is 22.3 Å². The van der Waals surface area contributed by atoms with E-state index in [4.69, 9.17) is 4.42 Å². The van der Waals surface area contributed by atoms with Gasteiger partial charge in [-0.05, 0) is 55.5 Å². The molecule has 5 rings (SSSR count). The van der Waals surface area contributed by atoms with Crippen molar-refractivity contribution in [3.63, 3.8) is 0 Å². The van der Waals surface area contributed by atoms with E-state index in [0.717, 1.165) is 27.3 Å². The van der Waals surface area contributed by atoms with E-state index in [1.807, 2.05) is 31.2 Å². The number of aryl methyl sites for hydroxylation is 1. The summed E-state index contributed by atoms with van der Waals surface area (Å²) < 4.78 is 46.8. The molecule has 180 valence electrons. The van der Waals surface area contributed by atoms with Gasteiger partial charge in [-0.15, -0.1) is 0 Å². The van der Waals surface area contributed by atoms with Crippen LogP contribution in [-0.2, 0) is 6.18 Å². The lowest BCUT2D eigenvalue weighted by Gasteiger charge is -2.11. The van der Waals surface area contributed by atoms with Gasteiger partial charge in [-0.3, -0.25) is 4.79 Å². The predicted octanol–water partition coefficient (Wildman–Crippen LogP) is 7.02. The molecule has 0 unspecified atom stereocenters. The van der Waals surface area contributed by atoms with Crippen molar-refractivity contribution >= 4 is 28.9 Å². The minimum atomic E-state index is -4.54. The van der Waals surface area contributed by atoms with Crippen molar-refractivity contribution < 1.29 is 17.6 Å². The fourth-order valence-electron chi connectivity index (χ4n) is 3.55. The first-order valence-electron chi connectivity index (χ1n) is 10.9. The summed E-state index contributed by atoms with van der Waals surface area (Å²) in [5.41, 5.74) is 0.264. The molecular formula is C27H18F3N3O2S. The van der Waals surface area contributed by atoms with Gasteiger partial charge in [-0.1, -0.05) is 53.7 Å². The van der Waals surface area contributed by atoms with Gasteiger partial charge >= 0.3 is 6.18 Å². The van der Waals surface area contributed by atoms with Gasteiger partial charge in [0.25, 0.3) is 5.56 Å². The summed E-state index contributed by atoms with van der Waals surface area (Å²) in [7, 11) is 0. The Morgan fingerprint density at radius 3 is 2.53 bits per heavy atom. The number of para-hydroxylation sites is 1. The van der Waals surface area contributed by atoms with Crippen LogP contribution in [-0.4, -0.2) is 15.9 Å². The Bertz CT molecular complexity index is 1640. The van der Waals surface area contributed by atoms with Gasteiger partial charge in [-0.2, -0.15) is 22.9 Å². The Morgan fingerprint density at radius 2 is 1.75 bits per heavy atom. The van der Waals surface area contributed by atoms with Gasteiger partial charge < -0.3 is 4.42 Å². The van der Waals surface area contributed by atoms with Crippen molar-refractivity contribution in [2.45, 2.75) is 23.1 Å². The van der Waals surface area contributed by atoms with Crippen LogP contribution in [0.3, 0.4) is 0 Å². The topological polar surface area (TPSA) is 60.4 Å². The lowest BCUT2D eigenvalue weighted by Crippen LogP contribution is -2.20. The fraction of sp³-hybridized carbons (Fsp3) is 0.0741. The van der Waals surface area contributed by atoms with E-state index in [9.17, 15) is 18.0 Å². The molecular weight excluding hydrogens is 487 g/mol. The number of hydrogen-bond donors (Lipinski definition) is 0. The molecule has 0 N–H and O–H groups in total. The van der Waals surface area contributed by atoms with E-state index in [-0.39, 0.29) is 11.4 Å². The van der Waals surface area contributed by atoms with Crippen LogP contribution in [0.5, 0.6) is 0 Å². The van der Waals surface area contributed by atoms with Crippen molar-refractivity contribution in [2.24, 2.45) is 5.10 Å². The number of alkyl halides is 3. The van der Waals surface area contributed by atoms with Gasteiger partial charge in [0.1, 0.15) is 5.76 Å². The summed E-state index contributed by atoms with van der Waals surface area (Å²) in [6.07, 6.45) is -3.20. The minimum Gasteiger partial charge on any atom is -0.448 e. The number of rotatable bonds is 5. The first kappa shape index (κ1) is 23.6. The first-order valence-corrected chi connectivity index (χ1v) is 11.7. The highest BCUT2D eigenvalue weighted by Crippen LogP contribution is 2.32. The van der Waals surface area contributed by atoms with Crippen LogP contribution >= 0.6 is 11.8 Å². The third kappa shape index (κ3) is 4.96. The zero-order valence-electron chi connectivity index (χ0n) is 18.9. The third-order valence-corrected chi connectivity index (χ3v) is 6.27. The molecule has 0 saturated carbocycles. The van der Waals surface area contributed by atoms with Crippen LogP contribution in [0.15, 0.2) is 109 Å². The van der Waals surface area contributed by atoms with Crippen LogP contribution in [0.4, 0.5) is 13.2 Å². The summed E-state index contributed by atoms with van der Waals surface area (Å²) in [6, 6.07) is 22.7. The lowest BCUT2D eigenvalue weighted by atomic mass is 10.1. The Hall–Kier alpha value is -4.11. The zero-order valence-corrected chi connectivity index (χ0v) is 19.7. The number of nitrogens with zero attached hydrogens (tertiary/aromatic N) is 3. The van der Waals surface area contributed by atoms with Gasteiger partial charge in [0.05, 0.1) is 22.7 Å². The number of halogens is 3. The number of aromatic nitrogens is 2. The second-order valence-corrected chi connectivity index (χ2v) is 9.04. The molecule has 0 amide bonds. The molecule has 0 aliphatic heterocycles. The summed E-state index contributed by atoms with van der Waals surface area (Å²) in [5, 5.41) is 5.18. The van der Waals surface area contributed by atoms with E-state index < -0.39 is 17.3 Å². The molecule has 9 heteroatoms. The molecule has 0 radical (unpaired) electrons. The van der Waals surface area contributed by atoms with Crippen molar-refractivity contribution in [3.05, 3.63) is 112 Å². The highest BCUT2D eigenvalue weighted by Gasteiger charge is 2.31. The summed E-state index contributed by atoms with van der Waals surface area (Å²) in [6.45, 7) is 2.01. The van der Waals surface area contributed by atoms with Gasteiger partial charge in [0, 0.05) is 10.5 Å². The van der Waals surface area contributed by atoms with Crippen molar-refractivity contribution in [1.82, 2.24) is 9.66 Å². The standard InChI is InChI=1S/C27H18F3N3O2S/c1-17-9-12-21(13-10-17)36-24-14-11-20(35-24)16-31-33-25(18-5-4-6-19(15-18)27(28,29)30)32-23-8-3-2-7-22(23)26(33)34/h2-16H,1H3. The number of benzene rings is 3. The number of hydrogen-bond acceptors (Lipinski definition) is 5. The van der Waals surface area contributed by atoms with Crippen molar-refractivity contribution in [3.8, 4) is 11.4 Å². The quantitative estimate of drug-likeness (QED) is 0.241. The summed E-state index contributed by atoms with van der Waals surface area (Å²) in [5.74, 6) is 0.363. The minimum absolute atomic E-state index is 0.0122. The Balaban J connectivity index is 1.54. The molecule has 0 bridgehead atoms. The second-order valence-electron chi connectivity index (χ2n) is 7.96. The maximum Gasteiger partial charge on any atom is 0.416 e. The van der Waals surface area contributed by atoms with Crippen LogP contribution in [0.1, 0.15) is 16.9 Å². The average molecular weight is 506 g/mol. The molecule has 2 heterocycles. The molecule has 0 atom stereocenters.